The van der Waals surface area contributed by atoms with E-state index in [1.165, 1.54) is 0 Å². The number of alkyl halides is 1. The number of Topliss-reactive ketones (excluding diaryl/α,β-unsaturated/α-hetero) is 1. The molecular weight excluding hydrogens is 295 g/mol. The highest BCUT2D eigenvalue weighted by atomic mass is 79.9. The van der Waals surface area contributed by atoms with Gasteiger partial charge < -0.3 is 4.74 Å². The fourth-order valence-electron chi connectivity index (χ4n) is 1.12. The Labute approximate surface area is 107 Å². The Kier molecular flexibility index (Phi) is 4.96. The van der Waals surface area contributed by atoms with Crippen LogP contribution in [0.1, 0.15) is 17.3 Å². The first-order valence-corrected chi connectivity index (χ1v) is 5.96. The van der Waals surface area contributed by atoms with Crippen molar-refractivity contribution in [2.75, 3.05) is 6.61 Å². The van der Waals surface area contributed by atoms with Crippen LogP contribution in [0.4, 0.5) is 0 Å². The summed E-state index contributed by atoms with van der Waals surface area (Å²) in [5.41, 5.74) is 0.630. The van der Waals surface area contributed by atoms with E-state index >= 15 is 0 Å². The summed E-state index contributed by atoms with van der Waals surface area (Å²) in [7, 11) is 0. The summed E-state index contributed by atoms with van der Waals surface area (Å²) in [4.78, 5) is 22.1. The molecule has 5 heteroatoms. The van der Waals surface area contributed by atoms with Crippen LogP contribution in [0, 0.1) is 0 Å². The molecule has 1 atom stereocenters. The first kappa shape index (κ1) is 13.2. The molecule has 86 valence electrons. The Bertz CT molecular complexity index is 406. The Hall–Kier alpha value is -0.870. The van der Waals surface area contributed by atoms with Gasteiger partial charge in [0.25, 0.3) is 5.78 Å². The van der Waals surface area contributed by atoms with Crippen LogP contribution in [0.5, 0.6) is 0 Å². The second-order valence-electron chi connectivity index (χ2n) is 3.00. The van der Waals surface area contributed by atoms with Crippen molar-refractivity contribution in [2.24, 2.45) is 0 Å². The van der Waals surface area contributed by atoms with Gasteiger partial charge in [-0.05, 0) is 24.6 Å². The van der Waals surface area contributed by atoms with Gasteiger partial charge in [0, 0.05) is 5.02 Å². The Morgan fingerprint density at radius 1 is 1.50 bits per heavy atom. The third kappa shape index (κ3) is 3.32. The van der Waals surface area contributed by atoms with Crippen molar-refractivity contribution < 1.29 is 14.3 Å². The summed E-state index contributed by atoms with van der Waals surface area (Å²) >= 11 is 8.93. The molecule has 0 aromatic heterocycles. The van der Waals surface area contributed by atoms with Gasteiger partial charge in [0.1, 0.15) is 4.83 Å². The largest absolute Gasteiger partial charge is 0.460 e. The van der Waals surface area contributed by atoms with E-state index in [0.29, 0.717) is 10.6 Å². The molecule has 0 heterocycles. The zero-order chi connectivity index (χ0) is 12.1. The molecule has 3 nitrogen and oxygen atoms in total. The smallest absolute Gasteiger partial charge is 0.376 e. The van der Waals surface area contributed by atoms with E-state index in [2.05, 4.69) is 20.7 Å². The summed E-state index contributed by atoms with van der Waals surface area (Å²) in [6.07, 6.45) is 0. The quantitative estimate of drug-likeness (QED) is 0.488. The van der Waals surface area contributed by atoms with E-state index in [-0.39, 0.29) is 6.61 Å². The number of rotatable bonds is 4. The Balaban J connectivity index is 2.82. The lowest BCUT2D eigenvalue weighted by molar-refractivity contribution is -0.153. The van der Waals surface area contributed by atoms with E-state index < -0.39 is 16.6 Å². The second-order valence-corrected chi connectivity index (χ2v) is 4.35. The van der Waals surface area contributed by atoms with Crippen LogP contribution < -0.4 is 0 Å². The van der Waals surface area contributed by atoms with Crippen LogP contribution in [0.2, 0.25) is 5.02 Å². The minimum atomic E-state index is -0.843. The average Bonchev–Trinajstić information content (AvgIpc) is 2.27. The number of carbonyl (C=O) groups excluding carboxylic acids is 2. The zero-order valence-electron chi connectivity index (χ0n) is 8.57. The number of halogens is 2. The lowest BCUT2D eigenvalue weighted by Gasteiger charge is -2.08. The van der Waals surface area contributed by atoms with Crippen LogP contribution >= 0.6 is 27.5 Å². The van der Waals surface area contributed by atoms with E-state index in [1.807, 2.05) is 0 Å². The van der Waals surface area contributed by atoms with Gasteiger partial charge >= 0.3 is 5.97 Å². The van der Waals surface area contributed by atoms with Gasteiger partial charge in [-0.25, -0.2) is 4.79 Å². The van der Waals surface area contributed by atoms with Crippen molar-refractivity contribution in [1.82, 2.24) is 0 Å². The number of ether oxygens (including phenoxy) is 1. The molecular formula is C11H10BrClO3. The maximum Gasteiger partial charge on any atom is 0.376 e. The SMILES string of the molecule is CCOC(=O)C(=O)[C@@H](Br)c1cccc(Cl)c1. The molecule has 0 radical (unpaired) electrons. The first-order valence-electron chi connectivity index (χ1n) is 4.66. The van der Waals surface area contributed by atoms with Gasteiger partial charge in [-0.3, -0.25) is 4.79 Å². The number of hydrogen-bond donors (Lipinski definition) is 0. The molecule has 0 saturated heterocycles. The summed E-state index contributed by atoms with van der Waals surface area (Å²) in [6.45, 7) is 1.83. The average molecular weight is 306 g/mol. The second kappa shape index (κ2) is 6.01. The number of benzene rings is 1. The lowest BCUT2D eigenvalue weighted by atomic mass is 10.1. The zero-order valence-corrected chi connectivity index (χ0v) is 10.9. The molecule has 1 aromatic rings. The maximum atomic E-state index is 11.6. The van der Waals surface area contributed by atoms with E-state index in [4.69, 9.17) is 11.6 Å². The number of carbonyl (C=O) groups is 2. The molecule has 0 aliphatic heterocycles. The molecule has 0 aliphatic rings. The molecule has 16 heavy (non-hydrogen) atoms. The number of esters is 1. The van der Waals surface area contributed by atoms with Crippen LogP contribution in [0.15, 0.2) is 24.3 Å². The number of ketones is 1. The van der Waals surface area contributed by atoms with Gasteiger partial charge in [0.05, 0.1) is 6.61 Å². The van der Waals surface area contributed by atoms with Crippen LogP contribution in [-0.4, -0.2) is 18.4 Å². The summed E-state index contributed by atoms with van der Waals surface area (Å²) < 4.78 is 4.63. The standard InChI is InChI=1S/C11H10BrClO3/c1-2-16-11(15)10(14)9(12)7-4-3-5-8(13)6-7/h3-6,9H,2H2,1H3/t9-/m0/s1. The number of hydrogen-bond acceptors (Lipinski definition) is 3. The molecule has 0 amide bonds. The fraction of sp³-hybridized carbons (Fsp3) is 0.273. The highest BCUT2D eigenvalue weighted by molar-refractivity contribution is 9.09. The first-order chi connectivity index (χ1) is 7.56. The van der Waals surface area contributed by atoms with E-state index in [0.717, 1.165) is 0 Å². The molecule has 0 fully saturated rings. The van der Waals surface area contributed by atoms with Crippen LogP contribution in [-0.2, 0) is 14.3 Å². The van der Waals surface area contributed by atoms with Gasteiger partial charge in [-0.2, -0.15) is 0 Å². The maximum absolute atomic E-state index is 11.6. The van der Waals surface area contributed by atoms with Crippen molar-refractivity contribution in [3.05, 3.63) is 34.9 Å². The van der Waals surface area contributed by atoms with Crippen molar-refractivity contribution in [3.8, 4) is 0 Å². The van der Waals surface area contributed by atoms with Crippen molar-refractivity contribution in [2.45, 2.75) is 11.8 Å². The molecule has 1 rings (SSSR count). The van der Waals surface area contributed by atoms with E-state index in [1.54, 1.807) is 31.2 Å². The minimum Gasteiger partial charge on any atom is -0.460 e. The van der Waals surface area contributed by atoms with E-state index in [9.17, 15) is 9.59 Å². The normalized spacial score (nSPS) is 11.9. The molecule has 0 bridgehead atoms. The summed E-state index contributed by atoms with van der Waals surface area (Å²) in [5, 5.41) is 0.513. The predicted octanol–water partition coefficient (Wildman–Crippen LogP) is 2.91. The van der Waals surface area contributed by atoms with Gasteiger partial charge in [0.2, 0.25) is 0 Å². The third-order valence-corrected chi connectivity index (χ3v) is 3.03. The predicted molar refractivity (Wildman–Crippen MR) is 64.8 cm³/mol. The van der Waals surface area contributed by atoms with Crippen LogP contribution in [0.3, 0.4) is 0 Å². The molecule has 0 unspecified atom stereocenters. The molecule has 0 N–H and O–H groups in total. The van der Waals surface area contributed by atoms with Crippen molar-refractivity contribution >= 4 is 39.3 Å². The van der Waals surface area contributed by atoms with Crippen LogP contribution in [0.25, 0.3) is 0 Å². The summed E-state index contributed by atoms with van der Waals surface area (Å²) in [5.74, 6) is -1.48. The molecule has 0 aliphatic carbocycles. The van der Waals surface area contributed by atoms with Gasteiger partial charge in [-0.15, -0.1) is 0 Å². The summed E-state index contributed by atoms with van der Waals surface area (Å²) in [6, 6.07) is 6.74. The van der Waals surface area contributed by atoms with Crippen molar-refractivity contribution in [1.29, 1.82) is 0 Å². The topological polar surface area (TPSA) is 43.4 Å². The Morgan fingerprint density at radius 2 is 2.19 bits per heavy atom. The molecule has 0 saturated carbocycles. The molecule has 1 aromatic carbocycles. The minimum absolute atomic E-state index is 0.180. The Morgan fingerprint density at radius 3 is 2.75 bits per heavy atom. The fourth-order valence-corrected chi connectivity index (χ4v) is 1.79. The van der Waals surface area contributed by atoms with Gasteiger partial charge in [-0.1, -0.05) is 39.7 Å². The highest BCUT2D eigenvalue weighted by Crippen LogP contribution is 2.26. The van der Waals surface area contributed by atoms with Crippen molar-refractivity contribution in [3.63, 3.8) is 0 Å². The monoisotopic (exact) mass is 304 g/mol. The van der Waals surface area contributed by atoms with Gasteiger partial charge in [0.15, 0.2) is 0 Å². The lowest BCUT2D eigenvalue weighted by Crippen LogP contribution is -2.21. The highest BCUT2D eigenvalue weighted by Gasteiger charge is 2.25. The third-order valence-electron chi connectivity index (χ3n) is 1.85. The molecule has 0 spiro atoms.